The number of carbonyl (C=O) groups is 2. The highest BCUT2D eigenvalue weighted by atomic mass is 32.2. The molecule has 1 aromatic rings. The molecule has 158 valence electrons. The highest BCUT2D eigenvalue weighted by Gasteiger charge is 2.45. The van der Waals surface area contributed by atoms with Crippen molar-refractivity contribution in [3.05, 3.63) is 23.2 Å². The van der Waals surface area contributed by atoms with Gasteiger partial charge < -0.3 is 14.9 Å². The predicted octanol–water partition coefficient (Wildman–Crippen LogP) is 3.64. The van der Waals surface area contributed by atoms with Crippen molar-refractivity contribution in [2.24, 2.45) is 11.3 Å². The Hall–Kier alpha value is -1.58. The molecule has 4 rings (SSSR count). The van der Waals surface area contributed by atoms with Crippen molar-refractivity contribution in [3.8, 4) is 0 Å². The standard InChI is InChI=1S/C20H26N2O5S2/c23-16(20(6-1-7-20)10-13-2-3-13)5-4-14-11-27-19(26)22(14)8-9-28-18-21-15(12-29-18)17(24)25/h4-5,12-14,16,23H,1-3,6-11H2,(H,24,25)/b5-4+/t14-,16+/m0/s1. The maximum atomic E-state index is 12.1. The second-order valence-electron chi connectivity index (χ2n) is 8.18. The van der Waals surface area contributed by atoms with Crippen LogP contribution in [-0.4, -0.2) is 63.2 Å². The van der Waals surface area contributed by atoms with Crippen LogP contribution >= 0.6 is 23.1 Å². The van der Waals surface area contributed by atoms with Crippen molar-refractivity contribution >= 4 is 35.2 Å². The van der Waals surface area contributed by atoms with Crippen molar-refractivity contribution in [2.75, 3.05) is 18.9 Å². The molecule has 2 aliphatic carbocycles. The lowest BCUT2D eigenvalue weighted by Crippen LogP contribution is -2.41. The summed E-state index contributed by atoms with van der Waals surface area (Å²) >= 11 is 2.71. The molecule has 2 atom stereocenters. The average Bonchev–Trinajstić information content (AvgIpc) is 3.23. The number of carboxylic acids is 1. The second kappa shape index (κ2) is 8.65. The number of aromatic carboxylic acids is 1. The van der Waals surface area contributed by atoms with E-state index in [0.29, 0.717) is 23.2 Å². The van der Waals surface area contributed by atoms with Gasteiger partial charge >= 0.3 is 12.1 Å². The Kier molecular flexibility index (Phi) is 6.17. The second-order valence-corrected chi connectivity index (χ2v) is 10.4. The number of cyclic esters (lactones) is 1. The van der Waals surface area contributed by atoms with E-state index in [2.05, 4.69) is 4.98 Å². The molecule has 1 saturated heterocycles. The lowest BCUT2D eigenvalue weighted by Gasteiger charge is -2.45. The largest absolute Gasteiger partial charge is 0.476 e. The Morgan fingerprint density at radius 3 is 2.90 bits per heavy atom. The summed E-state index contributed by atoms with van der Waals surface area (Å²) in [6.45, 7) is 0.770. The minimum Gasteiger partial charge on any atom is -0.476 e. The number of thiazole rings is 1. The van der Waals surface area contributed by atoms with Crippen LogP contribution in [0.3, 0.4) is 0 Å². The molecule has 9 heteroatoms. The predicted molar refractivity (Wildman–Crippen MR) is 110 cm³/mol. The van der Waals surface area contributed by atoms with Gasteiger partial charge in [-0.1, -0.05) is 43.2 Å². The molecule has 1 aromatic heterocycles. The van der Waals surface area contributed by atoms with Gasteiger partial charge in [0, 0.05) is 23.1 Å². The lowest BCUT2D eigenvalue weighted by atomic mass is 9.62. The summed E-state index contributed by atoms with van der Waals surface area (Å²) in [7, 11) is 0. The van der Waals surface area contributed by atoms with Crippen molar-refractivity contribution in [3.63, 3.8) is 0 Å². The van der Waals surface area contributed by atoms with Crippen LogP contribution in [0, 0.1) is 11.3 Å². The third-order valence-electron chi connectivity index (χ3n) is 6.16. The number of hydrogen-bond acceptors (Lipinski definition) is 7. The van der Waals surface area contributed by atoms with E-state index in [1.165, 1.54) is 47.7 Å². The first-order valence-electron chi connectivity index (χ1n) is 10.1. The third kappa shape index (κ3) is 4.78. The topological polar surface area (TPSA) is 100.0 Å². The molecule has 2 saturated carbocycles. The number of nitrogens with zero attached hydrogens (tertiary/aromatic N) is 2. The zero-order valence-electron chi connectivity index (χ0n) is 16.2. The molecule has 0 unspecified atom stereocenters. The van der Waals surface area contributed by atoms with E-state index in [4.69, 9.17) is 9.84 Å². The number of carboxylic acid groups (broad SMARTS) is 1. The summed E-state index contributed by atoms with van der Waals surface area (Å²) in [6, 6.07) is -0.179. The van der Waals surface area contributed by atoms with Crippen LogP contribution in [0.25, 0.3) is 0 Å². The van der Waals surface area contributed by atoms with Gasteiger partial charge in [0.2, 0.25) is 0 Å². The van der Waals surface area contributed by atoms with Crippen LogP contribution in [-0.2, 0) is 4.74 Å². The Morgan fingerprint density at radius 2 is 2.28 bits per heavy atom. The van der Waals surface area contributed by atoms with Crippen LogP contribution in [0.15, 0.2) is 21.9 Å². The number of carbonyl (C=O) groups excluding carboxylic acids is 1. The van der Waals surface area contributed by atoms with Crippen molar-refractivity contribution < 1.29 is 24.5 Å². The smallest absolute Gasteiger partial charge is 0.410 e. The molecule has 2 heterocycles. The molecule has 0 aromatic carbocycles. The Balaban J connectivity index is 1.30. The van der Waals surface area contributed by atoms with Gasteiger partial charge in [0.15, 0.2) is 10.0 Å². The number of aliphatic hydroxyl groups excluding tert-OH is 1. The van der Waals surface area contributed by atoms with E-state index >= 15 is 0 Å². The Bertz CT molecular complexity index is 788. The molecule has 0 spiro atoms. The molecule has 0 bridgehead atoms. The highest BCUT2D eigenvalue weighted by Crippen LogP contribution is 2.53. The molecule has 3 aliphatic rings. The minimum absolute atomic E-state index is 0.0362. The van der Waals surface area contributed by atoms with Crippen molar-refractivity contribution in [1.29, 1.82) is 0 Å². The van der Waals surface area contributed by atoms with Gasteiger partial charge in [0.25, 0.3) is 0 Å². The van der Waals surface area contributed by atoms with Gasteiger partial charge in [-0.25, -0.2) is 14.6 Å². The minimum atomic E-state index is -1.04. The van der Waals surface area contributed by atoms with Gasteiger partial charge in [-0.05, 0) is 25.2 Å². The maximum absolute atomic E-state index is 12.1. The molecule has 1 aliphatic heterocycles. The van der Waals surface area contributed by atoms with E-state index in [-0.39, 0.29) is 23.2 Å². The fourth-order valence-corrected chi connectivity index (χ4v) is 5.93. The van der Waals surface area contributed by atoms with E-state index in [1.54, 1.807) is 4.90 Å². The monoisotopic (exact) mass is 438 g/mol. The first-order chi connectivity index (χ1) is 14.0. The molecule has 0 radical (unpaired) electrons. The van der Waals surface area contributed by atoms with Gasteiger partial charge in [0.05, 0.1) is 12.1 Å². The lowest BCUT2D eigenvalue weighted by molar-refractivity contribution is -0.0170. The summed E-state index contributed by atoms with van der Waals surface area (Å²) in [4.78, 5) is 28.7. The molecule has 3 fully saturated rings. The summed E-state index contributed by atoms with van der Waals surface area (Å²) in [5, 5.41) is 21.2. The van der Waals surface area contributed by atoms with Crippen molar-refractivity contribution in [1.82, 2.24) is 9.88 Å². The fourth-order valence-electron chi connectivity index (χ4n) is 4.12. The quantitative estimate of drug-likeness (QED) is 0.425. The van der Waals surface area contributed by atoms with Gasteiger partial charge in [-0.3, -0.25) is 4.90 Å². The molecule has 1 amide bonds. The molecule has 29 heavy (non-hydrogen) atoms. The summed E-state index contributed by atoms with van der Waals surface area (Å²) < 4.78 is 5.87. The van der Waals surface area contributed by atoms with E-state index < -0.39 is 12.1 Å². The molecule has 7 nitrogen and oxygen atoms in total. The van der Waals surface area contributed by atoms with E-state index in [9.17, 15) is 14.7 Å². The number of thioether (sulfide) groups is 1. The third-order valence-corrected chi connectivity index (χ3v) is 8.16. The Labute approximate surface area is 178 Å². The number of rotatable bonds is 10. The zero-order chi connectivity index (χ0) is 20.4. The first kappa shape index (κ1) is 20.7. The number of hydrogen-bond donors (Lipinski definition) is 2. The van der Waals surface area contributed by atoms with Gasteiger partial charge in [0.1, 0.15) is 6.61 Å². The first-order valence-corrected chi connectivity index (χ1v) is 11.9. The van der Waals surface area contributed by atoms with Gasteiger partial charge in [-0.2, -0.15) is 0 Å². The van der Waals surface area contributed by atoms with E-state index in [1.807, 2.05) is 12.2 Å². The number of aromatic nitrogens is 1. The number of ether oxygens (including phenoxy) is 1. The average molecular weight is 439 g/mol. The summed E-state index contributed by atoms with van der Waals surface area (Å²) in [6.07, 6.45) is 10.0. The fraction of sp³-hybridized carbons (Fsp3) is 0.650. The highest BCUT2D eigenvalue weighted by molar-refractivity contribution is 8.01. The van der Waals surface area contributed by atoms with Gasteiger partial charge in [-0.15, -0.1) is 11.3 Å². The van der Waals surface area contributed by atoms with Crippen LogP contribution in [0.1, 0.15) is 49.0 Å². The molecular formula is C20H26N2O5S2. The van der Waals surface area contributed by atoms with Crippen LogP contribution in [0.4, 0.5) is 4.79 Å². The zero-order valence-corrected chi connectivity index (χ0v) is 17.8. The Morgan fingerprint density at radius 1 is 1.48 bits per heavy atom. The normalized spacial score (nSPS) is 24.5. The SMILES string of the molecule is O=C(O)c1csc(SCCN2C(=O)OC[C@@H]2/C=C/[C@@H](O)C2(CC3CC3)CCC2)n1. The maximum Gasteiger partial charge on any atom is 0.410 e. The molecular weight excluding hydrogens is 412 g/mol. The molecule has 2 N–H and O–H groups in total. The number of aliphatic hydroxyl groups is 1. The number of amides is 1. The summed E-state index contributed by atoms with van der Waals surface area (Å²) in [5.41, 5.74) is 0.0816. The van der Waals surface area contributed by atoms with Crippen molar-refractivity contribution in [2.45, 2.75) is 55.0 Å². The van der Waals surface area contributed by atoms with Crippen LogP contribution < -0.4 is 0 Å². The van der Waals surface area contributed by atoms with E-state index in [0.717, 1.165) is 25.2 Å². The summed E-state index contributed by atoms with van der Waals surface area (Å²) in [5.74, 6) is 0.349. The van der Waals surface area contributed by atoms with Crippen LogP contribution in [0.2, 0.25) is 0 Å². The van der Waals surface area contributed by atoms with Crippen LogP contribution in [0.5, 0.6) is 0 Å².